The van der Waals surface area contributed by atoms with Crippen molar-refractivity contribution in [2.24, 2.45) is 0 Å². The van der Waals surface area contributed by atoms with Crippen LogP contribution in [0.25, 0.3) is 0 Å². The van der Waals surface area contributed by atoms with Crippen LogP contribution in [0.4, 0.5) is 24.8 Å². The Morgan fingerprint density at radius 2 is 1.65 bits per heavy atom. The molecule has 1 aromatic carbocycles. The molecular formula is C11H7Cl2F3N4. The van der Waals surface area contributed by atoms with E-state index in [1.165, 1.54) is 6.07 Å². The predicted molar refractivity (Wildman–Crippen MR) is 69.3 cm³/mol. The summed E-state index contributed by atoms with van der Waals surface area (Å²) < 4.78 is 38.0. The first kappa shape index (κ1) is 14.8. The zero-order valence-electron chi connectivity index (χ0n) is 9.96. The van der Waals surface area contributed by atoms with E-state index >= 15 is 0 Å². The van der Waals surface area contributed by atoms with E-state index in [1.807, 2.05) is 0 Å². The highest BCUT2D eigenvalue weighted by molar-refractivity contribution is 6.31. The largest absolute Gasteiger partial charge is 0.416 e. The molecule has 0 atom stereocenters. The van der Waals surface area contributed by atoms with Crippen LogP contribution < -0.4 is 5.32 Å². The molecule has 0 saturated carbocycles. The number of nitrogens with one attached hydrogen (secondary N) is 1. The van der Waals surface area contributed by atoms with Crippen LogP contribution in [-0.4, -0.2) is 15.0 Å². The molecule has 0 radical (unpaired) electrons. The average Bonchev–Trinajstić information content (AvgIpc) is 2.29. The quantitative estimate of drug-likeness (QED) is 0.898. The number of anilines is 2. The Hall–Kier alpha value is -1.60. The average molecular weight is 323 g/mol. The van der Waals surface area contributed by atoms with Gasteiger partial charge in [-0.1, -0.05) is 6.07 Å². The van der Waals surface area contributed by atoms with Gasteiger partial charge >= 0.3 is 6.18 Å². The molecule has 1 aromatic heterocycles. The normalized spacial score (nSPS) is 11.5. The molecule has 0 amide bonds. The number of rotatable bonds is 2. The summed E-state index contributed by atoms with van der Waals surface area (Å²) in [5.74, 6) is -0.0302. The third kappa shape index (κ3) is 3.49. The van der Waals surface area contributed by atoms with Crippen molar-refractivity contribution in [2.75, 3.05) is 5.32 Å². The Morgan fingerprint density at radius 3 is 2.20 bits per heavy atom. The minimum absolute atomic E-state index is 0.0302. The lowest BCUT2D eigenvalue weighted by molar-refractivity contribution is -0.137. The topological polar surface area (TPSA) is 50.7 Å². The van der Waals surface area contributed by atoms with Gasteiger partial charge in [-0.3, -0.25) is 0 Å². The van der Waals surface area contributed by atoms with Crippen molar-refractivity contribution in [2.45, 2.75) is 13.1 Å². The van der Waals surface area contributed by atoms with Crippen LogP contribution in [0.5, 0.6) is 0 Å². The van der Waals surface area contributed by atoms with Crippen molar-refractivity contribution in [3.8, 4) is 0 Å². The van der Waals surface area contributed by atoms with E-state index in [-0.39, 0.29) is 22.2 Å². The third-order valence-electron chi connectivity index (χ3n) is 2.39. The molecule has 1 heterocycles. The van der Waals surface area contributed by atoms with Crippen molar-refractivity contribution in [1.29, 1.82) is 0 Å². The maximum atomic E-state index is 12.7. The molecule has 0 fully saturated rings. The molecule has 2 rings (SSSR count). The van der Waals surface area contributed by atoms with Gasteiger partial charge in [-0.15, -0.1) is 0 Å². The number of nitrogens with zero attached hydrogens (tertiary/aromatic N) is 3. The van der Waals surface area contributed by atoms with Gasteiger partial charge in [0.05, 0.1) is 5.56 Å². The lowest BCUT2D eigenvalue weighted by Crippen LogP contribution is -2.07. The number of hydrogen-bond acceptors (Lipinski definition) is 4. The maximum absolute atomic E-state index is 12.7. The summed E-state index contributed by atoms with van der Waals surface area (Å²) in [4.78, 5) is 11.0. The minimum Gasteiger partial charge on any atom is -0.324 e. The van der Waals surface area contributed by atoms with Crippen LogP contribution in [-0.2, 0) is 6.18 Å². The fraction of sp³-hybridized carbons (Fsp3) is 0.182. The van der Waals surface area contributed by atoms with Crippen molar-refractivity contribution < 1.29 is 13.2 Å². The molecule has 0 aliphatic carbocycles. The summed E-state index contributed by atoms with van der Waals surface area (Å²) >= 11 is 11.2. The molecule has 0 aliphatic heterocycles. The van der Waals surface area contributed by atoms with E-state index in [4.69, 9.17) is 23.2 Å². The van der Waals surface area contributed by atoms with E-state index in [0.717, 1.165) is 12.1 Å². The first-order chi connectivity index (χ1) is 9.25. The van der Waals surface area contributed by atoms with Crippen molar-refractivity contribution >= 4 is 34.8 Å². The number of benzene rings is 1. The molecule has 9 heteroatoms. The highest BCUT2D eigenvalue weighted by atomic mass is 35.5. The van der Waals surface area contributed by atoms with Gasteiger partial charge in [0.15, 0.2) is 0 Å². The molecule has 0 spiro atoms. The Labute approximate surface area is 122 Å². The van der Waals surface area contributed by atoms with Crippen molar-refractivity contribution in [1.82, 2.24) is 15.0 Å². The second-order valence-corrected chi connectivity index (χ2v) is 4.53. The standard InChI is InChI=1S/C11H7Cl2F3N4/c1-5-2-3-6(11(14,15)16)4-7(5)17-10-19-8(12)18-9(13)20-10/h2-4H,1H3,(H,17,18,19,20). The summed E-state index contributed by atoms with van der Waals surface area (Å²) in [6, 6.07) is 3.30. The molecule has 4 nitrogen and oxygen atoms in total. The van der Waals surface area contributed by atoms with Crippen LogP contribution in [0.15, 0.2) is 18.2 Å². The molecule has 106 valence electrons. The van der Waals surface area contributed by atoms with E-state index in [2.05, 4.69) is 20.3 Å². The highest BCUT2D eigenvalue weighted by Crippen LogP contribution is 2.32. The first-order valence-electron chi connectivity index (χ1n) is 5.27. The number of aryl methyl sites for hydroxylation is 1. The fourth-order valence-electron chi connectivity index (χ4n) is 1.44. The Balaban J connectivity index is 2.37. The van der Waals surface area contributed by atoms with Crippen LogP contribution in [0.2, 0.25) is 10.6 Å². The summed E-state index contributed by atoms with van der Waals surface area (Å²) in [6.07, 6.45) is -4.43. The zero-order chi connectivity index (χ0) is 14.9. The molecule has 1 N–H and O–H groups in total. The predicted octanol–water partition coefficient (Wildman–Crippen LogP) is 4.25. The Kier molecular flexibility index (Phi) is 4.01. The summed E-state index contributed by atoms with van der Waals surface area (Å²) in [5, 5.41) is 2.32. The van der Waals surface area contributed by atoms with Crippen molar-refractivity contribution in [3.05, 3.63) is 39.9 Å². The fourth-order valence-corrected chi connectivity index (χ4v) is 1.80. The van der Waals surface area contributed by atoms with E-state index in [1.54, 1.807) is 6.92 Å². The smallest absolute Gasteiger partial charge is 0.324 e. The summed E-state index contributed by atoms with van der Waals surface area (Å²) in [7, 11) is 0. The van der Waals surface area contributed by atoms with Gasteiger partial charge in [0, 0.05) is 5.69 Å². The number of aromatic nitrogens is 3. The Bertz CT molecular complexity index is 626. The van der Waals surface area contributed by atoms with Crippen LogP contribution >= 0.6 is 23.2 Å². The second-order valence-electron chi connectivity index (χ2n) is 3.85. The molecule has 0 aliphatic rings. The number of hydrogen-bond donors (Lipinski definition) is 1. The van der Waals surface area contributed by atoms with Gasteiger partial charge in [-0.05, 0) is 47.8 Å². The second kappa shape index (κ2) is 5.41. The van der Waals surface area contributed by atoms with Crippen LogP contribution in [0, 0.1) is 6.92 Å². The van der Waals surface area contributed by atoms with E-state index < -0.39 is 11.7 Å². The first-order valence-corrected chi connectivity index (χ1v) is 6.03. The van der Waals surface area contributed by atoms with E-state index in [0.29, 0.717) is 5.56 Å². The third-order valence-corrected chi connectivity index (χ3v) is 2.73. The van der Waals surface area contributed by atoms with Crippen molar-refractivity contribution in [3.63, 3.8) is 0 Å². The van der Waals surface area contributed by atoms with Gasteiger partial charge < -0.3 is 5.32 Å². The monoisotopic (exact) mass is 322 g/mol. The van der Waals surface area contributed by atoms with Gasteiger partial charge in [-0.2, -0.15) is 28.1 Å². The maximum Gasteiger partial charge on any atom is 0.416 e. The molecular weight excluding hydrogens is 316 g/mol. The molecule has 0 unspecified atom stereocenters. The van der Waals surface area contributed by atoms with Crippen LogP contribution in [0.3, 0.4) is 0 Å². The number of alkyl halides is 3. The lowest BCUT2D eigenvalue weighted by atomic mass is 10.1. The molecule has 0 bridgehead atoms. The molecule has 2 aromatic rings. The van der Waals surface area contributed by atoms with Gasteiger partial charge in [0.25, 0.3) is 0 Å². The molecule has 0 saturated heterocycles. The number of halogens is 5. The van der Waals surface area contributed by atoms with Crippen LogP contribution in [0.1, 0.15) is 11.1 Å². The minimum atomic E-state index is -4.43. The lowest BCUT2D eigenvalue weighted by Gasteiger charge is -2.12. The SMILES string of the molecule is Cc1ccc(C(F)(F)F)cc1Nc1nc(Cl)nc(Cl)n1. The van der Waals surface area contributed by atoms with E-state index in [9.17, 15) is 13.2 Å². The van der Waals surface area contributed by atoms with Gasteiger partial charge in [-0.25, -0.2) is 0 Å². The highest BCUT2D eigenvalue weighted by Gasteiger charge is 2.30. The molecule has 20 heavy (non-hydrogen) atoms. The van der Waals surface area contributed by atoms with Gasteiger partial charge in [0.1, 0.15) is 0 Å². The summed E-state index contributed by atoms with van der Waals surface area (Å²) in [6.45, 7) is 1.65. The Morgan fingerprint density at radius 1 is 1.05 bits per heavy atom. The zero-order valence-corrected chi connectivity index (χ0v) is 11.5. The summed E-state index contributed by atoms with van der Waals surface area (Å²) in [5.41, 5.74) is 0.0145. The van der Waals surface area contributed by atoms with Gasteiger partial charge in [0.2, 0.25) is 16.5 Å².